The summed E-state index contributed by atoms with van der Waals surface area (Å²) in [4.78, 5) is 16.4. The van der Waals surface area contributed by atoms with E-state index >= 15 is 0 Å². The van der Waals surface area contributed by atoms with Gasteiger partial charge in [-0.3, -0.25) is 4.90 Å². The number of nitrogens with zero attached hydrogens (tertiary/aromatic N) is 3. The Bertz CT molecular complexity index is 1080. The van der Waals surface area contributed by atoms with Crippen LogP contribution in [0.1, 0.15) is 32.3 Å². The molecule has 2 amide bonds. The summed E-state index contributed by atoms with van der Waals surface area (Å²) in [6.07, 6.45) is 5.11. The highest BCUT2D eigenvalue weighted by molar-refractivity contribution is 6.31. The second-order valence-electron chi connectivity index (χ2n) is 8.36. The van der Waals surface area contributed by atoms with E-state index in [4.69, 9.17) is 11.6 Å². The van der Waals surface area contributed by atoms with Crippen molar-refractivity contribution in [3.63, 3.8) is 0 Å². The van der Waals surface area contributed by atoms with Crippen LogP contribution in [0.4, 0.5) is 9.18 Å². The Morgan fingerprint density at radius 3 is 2.66 bits per heavy atom. The Kier molecular flexibility index (Phi) is 7.01. The van der Waals surface area contributed by atoms with E-state index in [-0.39, 0.29) is 18.0 Å². The van der Waals surface area contributed by atoms with Gasteiger partial charge in [-0.1, -0.05) is 18.5 Å². The Balaban J connectivity index is 1.52. The Morgan fingerprint density at radius 1 is 1.19 bits per heavy atom. The third-order valence-electron chi connectivity index (χ3n) is 6.23. The predicted molar refractivity (Wildman–Crippen MR) is 128 cm³/mol. The van der Waals surface area contributed by atoms with Crippen LogP contribution in [0.15, 0.2) is 48.7 Å². The molecule has 170 valence electrons. The van der Waals surface area contributed by atoms with E-state index in [1.807, 2.05) is 23.1 Å². The highest BCUT2D eigenvalue weighted by Gasteiger charge is 2.28. The summed E-state index contributed by atoms with van der Waals surface area (Å²) in [6.45, 7) is 7.61. The molecule has 32 heavy (non-hydrogen) atoms. The Morgan fingerprint density at radius 2 is 1.97 bits per heavy atom. The minimum atomic E-state index is -0.245. The first kappa shape index (κ1) is 22.6. The van der Waals surface area contributed by atoms with Gasteiger partial charge in [-0.2, -0.15) is 0 Å². The molecule has 0 spiro atoms. The largest absolute Gasteiger partial charge is 0.336 e. The van der Waals surface area contributed by atoms with Gasteiger partial charge in [-0.05, 0) is 80.8 Å². The van der Waals surface area contributed by atoms with Crippen molar-refractivity contribution in [1.29, 1.82) is 0 Å². The maximum absolute atomic E-state index is 13.4. The molecule has 2 aromatic carbocycles. The fourth-order valence-corrected chi connectivity index (χ4v) is 4.74. The van der Waals surface area contributed by atoms with Crippen molar-refractivity contribution < 1.29 is 9.18 Å². The molecule has 1 saturated heterocycles. The quantitative estimate of drug-likeness (QED) is 0.465. The number of aryl methyl sites for hydroxylation is 1. The third-order valence-corrected chi connectivity index (χ3v) is 6.46. The van der Waals surface area contributed by atoms with Crippen LogP contribution < -0.4 is 5.32 Å². The van der Waals surface area contributed by atoms with E-state index in [1.165, 1.54) is 17.7 Å². The molecule has 1 N–H and O–H groups in total. The van der Waals surface area contributed by atoms with Gasteiger partial charge in [-0.25, -0.2) is 9.18 Å². The van der Waals surface area contributed by atoms with E-state index in [1.54, 1.807) is 12.1 Å². The normalized spacial score (nSPS) is 15.0. The molecule has 1 unspecified atom stereocenters. The lowest BCUT2D eigenvalue weighted by Gasteiger charge is -2.34. The summed E-state index contributed by atoms with van der Waals surface area (Å²) in [5.74, 6) is -0.245. The molecule has 7 heteroatoms. The first-order chi connectivity index (χ1) is 15.5. The molecule has 4 rings (SSSR count). The van der Waals surface area contributed by atoms with Crippen LogP contribution in [0.3, 0.4) is 0 Å². The van der Waals surface area contributed by atoms with Crippen LogP contribution in [0.2, 0.25) is 5.02 Å². The summed E-state index contributed by atoms with van der Waals surface area (Å²) < 4.78 is 15.5. The Labute approximate surface area is 193 Å². The van der Waals surface area contributed by atoms with Crippen molar-refractivity contribution in [2.45, 2.75) is 39.3 Å². The zero-order valence-corrected chi connectivity index (χ0v) is 19.4. The lowest BCUT2D eigenvalue weighted by atomic mass is 10.1. The molecule has 0 saturated carbocycles. The zero-order chi connectivity index (χ0) is 22.7. The molecule has 1 aromatic heterocycles. The standard InChI is InChI=1S/C25H30ClFN4O/c1-3-13-29(18(2)30-15-12-28-25(30)32)14-4-5-19-17-31(22-9-7-21(27)8-10-22)24-11-6-20(26)16-23(19)24/h6-11,16-18H,3-5,12-15H2,1-2H3,(H,28,32). The summed E-state index contributed by atoms with van der Waals surface area (Å²) in [7, 11) is 0. The van der Waals surface area contributed by atoms with Crippen LogP contribution in [-0.4, -0.2) is 52.7 Å². The van der Waals surface area contributed by atoms with Crippen molar-refractivity contribution in [1.82, 2.24) is 19.7 Å². The van der Waals surface area contributed by atoms with Crippen LogP contribution in [0, 0.1) is 5.82 Å². The van der Waals surface area contributed by atoms with E-state index in [2.05, 4.69) is 34.8 Å². The number of nitrogens with one attached hydrogen (secondary N) is 1. The predicted octanol–water partition coefficient (Wildman–Crippen LogP) is 5.44. The molecule has 1 atom stereocenters. The molecule has 1 aliphatic heterocycles. The molecule has 5 nitrogen and oxygen atoms in total. The molecular formula is C25H30ClFN4O. The first-order valence-corrected chi connectivity index (χ1v) is 11.7. The topological polar surface area (TPSA) is 40.5 Å². The minimum absolute atomic E-state index is 0.0237. The van der Waals surface area contributed by atoms with Gasteiger partial charge >= 0.3 is 6.03 Å². The number of rotatable bonds is 9. The maximum atomic E-state index is 13.4. The van der Waals surface area contributed by atoms with Gasteiger partial charge in [0.25, 0.3) is 0 Å². The van der Waals surface area contributed by atoms with Gasteiger partial charge < -0.3 is 14.8 Å². The van der Waals surface area contributed by atoms with Crippen molar-refractivity contribution in [3.05, 3.63) is 65.1 Å². The smallest absolute Gasteiger partial charge is 0.318 e. The average molecular weight is 457 g/mol. The SMILES string of the molecule is CCCN(CCCc1cn(-c2ccc(F)cc2)c2ccc(Cl)cc12)C(C)N1CCNC1=O. The number of aromatic nitrogens is 1. The maximum Gasteiger partial charge on any atom is 0.318 e. The second kappa shape index (κ2) is 9.92. The van der Waals surface area contributed by atoms with Crippen LogP contribution >= 0.6 is 11.6 Å². The molecule has 0 radical (unpaired) electrons. The summed E-state index contributed by atoms with van der Waals surface area (Å²) in [6, 6.07) is 12.5. The van der Waals surface area contributed by atoms with Gasteiger partial charge in [0, 0.05) is 41.9 Å². The van der Waals surface area contributed by atoms with Crippen LogP contribution in [0.5, 0.6) is 0 Å². The van der Waals surface area contributed by atoms with E-state index in [0.717, 1.165) is 55.5 Å². The molecule has 0 bridgehead atoms. The van der Waals surface area contributed by atoms with E-state index in [0.29, 0.717) is 11.6 Å². The first-order valence-electron chi connectivity index (χ1n) is 11.3. The number of carbonyl (C=O) groups is 1. The van der Waals surface area contributed by atoms with Crippen LogP contribution in [-0.2, 0) is 6.42 Å². The van der Waals surface area contributed by atoms with E-state index < -0.39 is 0 Å². The summed E-state index contributed by atoms with van der Waals surface area (Å²) in [5.41, 5.74) is 3.20. The molecule has 3 aromatic rings. The van der Waals surface area contributed by atoms with E-state index in [9.17, 15) is 9.18 Å². The molecule has 2 heterocycles. The molecule has 1 aliphatic rings. The number of hydrogen-bond acceptors (Lipinski definition) is 2. The van der Waals surface area contributed by atoms with Crippen molar-refractivity contribution in [3.8, 4) is 5.69 Å². The van der Waals surface area contributed by atoms with Crippen molar-refractivity contribution in [2.75, 3.05) is 26.2 Å². The molecule has 0 aliphatic carbocycles. The van der Waals surface area contributed by atoms with Crippen molar-refractivity contribution in [2.24, 2.45) is 0 Å². The lowest BCUT2D eigenvalue weighted by molar-refractivity contribution is 0.0904. The fourth-order valence-electron chi connectivity index (χ4n) is 4.57. The number of benzene rings is 2. The highest BCUT2D eigenvalue weighted by atomic mass is 35.5. The Hall–Kier alpha value is -2.57. The van der Waals surface area contributed by atoms with Gasteiger partial charge in [0.15, 0.2) is 0 Å². The zero-order valence-electron chi connectivity index (χ0n) is 18.7. The monoisotopic (exact) mass is 456 g/mol. The minimum Gasteiger partial charge on any atom is -0.336 e. The number of fused-ring (bicyclic) bond motifs is 1. The molecular weight excluding hydrogens is 427 g/mol. The molecule has 1 fully saturated rings. The number of carbonyl (C=O) groups excluding carboxylic acids is 1. The average Bonchev–Trinajstić information content (AvgIpc) is 3.36. The number of halogens is 2. The number of amides is 2. The number of urea groups is 1. The fraction of sp³-hybridized carbons (Fsp3) is 0.400. The number of hydrogen-bond donors (Lipinski definition) is 1. The van der Waals surface area contributed by atoms with Gasteiger partial charge in [0.2, 0.25) is 0 Å². The highest BCUT2D eigenvalue weighted by Crippen LogP contribution is 2.29. The van der Waals surface area contributed by atoms with Gasteiger partial charge in [-0.15, -0.1) is 0 Å². The van der Waals surface area contributed by atoms with Crippen molar-refractivity contribution >= 4 is 28.5 Å². The van der Waals surface area contributed by atoms with Gasteiger partial charge in [0.1, 0.15) is 5.82 Å². The lowest BCUT2D eigenvalue weighted by Crippen LogP contribution is -2.48. The summed E-state index contributed by atoms with van der Waals surface area (Å²) in [5, 5.41) is 4.72. The summed E-state index contributed by atoms with van der Waals surface area (Å²) >= 11 is 6.31. The second-order valence-corrected chi connectivity index (χ2v) is 8.80. The van der Waals surface area contributed by atoms with Gasteiger partial charge in [0.05, 0.1) is 11.7 Å². The van der Waals surface area contributed by atoms with Crippen LogP contribution in [0.25, 0.3) is 16.6 Å². The third kappa shape index (κ3) is 4.76.